The number of ether oxygens (including phenoxy) is 1. The molecule has 1 aromatic carbocycles. The van der Waals surface area contributed by atoms with Gasteiger partial charge in [0.1, 0.15) is 23.8 Å². The van der Waals surface area contributed by atoms with Gasteiger partial charge in [0.25, 0.3) is 0 Å². The lowest BCUT2D eigenvalue weighted by Crippen LogP contribution is -2.21. The molecule has 2 aliphatic rings. The van der Waals surface area contributed by atoms with E-state index in [-0.39, 0.29) is 12.1 Å². The van der Waals surface area contributed by atoms with E-state index in [2.05, 4.69) is 45.0 Å². The van der Waals surface area contributed by atoms with Crippen molar-refractivity contribution in [2.75, 3.05) is 0 Å². The van der Waals surface area contributed by atoms with Gasteiger partial charge in [-0.15, -0.1) is 0 Å². The largest absolute Gasteiger partial charge is 0.490 e. The van der Waals surface area contributed by atoms with Gasteiger partial charge in [-0.1, -0.05) is 12.1 Å². The van der Waals surface area contributed by atoms with Gasteiger partial charge >= 0.3 is 0 Å². The van der Waals surface area contributed by atoms with E-state index in [4.69, 9.17) is 10.5 Å². The predicted octanol–water partition coefficient (Wildman–Crippen LogP) is 4.25. The predicted molar refractivity (Wildman–Crippen MR) is 106 cm³/mol. The van der Waals surface area contributed by atoms with Crippen LogP contribution in [0.5, 0.6) is 5.75 Å². The summed E-state index contributed by atoms with van der Waals surface area (Å²) < 4.78 is 8.79. The molecule has 2 aliphatic carbocycles. The fourth-order valence-electron chi connectivity index (χ4n) is 4.84. The zero-order valence-corrected chi connectivity index (χ0v) is 15.8. The first kappa shape index (κ1) is 16.8. The third kappa shape index (κ3) is 2.90. The highest BCUT2D eigenvalue weighted by atomic mass is 16.5. The number of fused-ring (bicyclic) bond motifs is 2. The summed E-state index contributed by atoms with van der Waals surface area (Å²) in [5.74, 6) is 1.00. The molecule has 3 unspecified atom stereocenters. The van der Waals surface area contributed by atoms with Crippen LogP contribution >= 0.6 is 0 Å². The van der Waals surface area contributed by atoms with E-state index >= 15 is 0 Å². The van der Waals surface area contributed by atoms with Gasteiger partial charge in [-0.2, -0.15) is 0 Å². The summed E-state index contributed by atoms with van der Waals surface area (Å²) in [5, 5.41) is 1.14. The molecule has 0 amide bonds. The summed E-state index contributed by atoms with van der Waals surface area (Å²) in [6, 6.07) is 9.07. The minimum atomic E-state index is 0.107. The lowest BCUT2D eigenvalue weighted by Gasteiger charge is -2.26. The Labute approximate surface area is 159 Å². The highest BCUT2D eigenvalue weighted by Gasteiger charge is 2.30. The van der Waals surface area contributed by atoms with E-state index in [1.165, 1.54) is 17.5 Å². The number of nitrogens with zero attached hydrogens (tertiary/aromatic N) is 3. The molecule has 140 valence electrons. The lowest BCUT2D eigenvalue weighted by molar-refractivity contribution is 0.201. The maximum absolute atomic E-state index is 6.48. The Morgan fingerprint density at radius 1 is 1.15 bits per heavy atom. The molecule has 5 rings (SSSR count). The van der Waals surface area contributed by atoms with Crippen LogP contribution in [0.1, 0.15) is 61.0 Å². The molecule has 0 spiro atoms. The van der Waals surface area contributed by atoms with Gasteiger partial charge in [0.15, 0.2) is 0 Å². The first-order valence-electron chi connectivity index (χ1n) is 10.0. The molecule has 1 saturated carbocycles. The molecule has 0 radical (unpaired) electrons. The maximum atomic E-state index is 6.48. The topological polar surface area (TPSA) is 66.0 Å². The first-order valence-corrected chi connectivity index (χ1v) is 10.0. The Balaban J connectivity index is 1.37. The summed E-state index contributed by atoms with van der Waals surface area (Å²) in [7, 11) is 0. The molecule has 0 saturated heterocycles. The minimum Gasteiger partial charge on any atom is -0.490 e. The monoisotopic (exact) mass is 362 g/mol. The molecule has 1 fully saturated rings. The van der Waals surface area contributed by atoms with Crippen molar-refractivity contribution < 1.29 is 4.74 Å². The Morgan fingerprint density at radius 3 is 3.00 bits per heavy atom. The number of hydrogen-bond donors (Lipinski definition) is 1. The molecular weight excluding hydrogens is 336 g/mol. The molecule has 2 N–H and O–H groups in total. The van der Waals surface area contributed by atoms with Gasteiger partial charge in [-0.25, -0.2) is 9.97 Å². The number of aromatic nitrogens is 3. The van der Waals surface area contributed by atoms with Crippen molar-refractivity contribution in [1.82, 2.24) is 14.5 Å². The highest BCUT2D eigenvalue weighted by Crippen LogP contribution is 2.39. The lowest BCUT2D eigenvalue weighted by atomic mass is 9.87. The Morgan fingerprint density at radius 2 is 2.07 bits per heavy atom. The molecule has 2 heterocycles. The third-order valence-electron chi connectivity index (χ3n) is 6.24. The summed E-state index contributed by atoms with van der Waals surface area (Å²) in [5.41, 5.74) is 11.1. The van der Waals surface area contributed by atoms with Crippen molar-refractivity contribution in [3.63, 3.8) is 0 Å². The molecule has 3 atom stereocenters. The van der Waals surface area contributed by atoms with E-state index < -0.39 is 0 Å². The van der Waals surface area contributed by atoms with E-state index in [0.29, 0.717) is 6.04 Å². The van der Waals surface area contributed by atoms with Crippen LogP contribution in [0.25, 0.3) is 11.0 Å². The molecule has 2 aromatic heterocycles. The number of nitrogens with two attached hydrogens (primary N) is 1. The zero-order valence-electron chi connectivity index (χ0n) is 15.8. The Bertz CT molecular complexity index is 980. The molecular formula is C22H26N4O. The summed E-state index contributed by atoms with van der Waals surface area (Å²) in [6.45, 7) is 2.04. The second-order valence-electron chi connectivity index (χ2n) is 7.95. The van der Waals surface area contributed by atoms with Crippen LogP contribution < -0.4 is 10.5 Å². The van der Waals surface area contributed by atoms with E-state index in [1.807, 2.05) is 6.92 Å². The molecule has 3 aromatic rings. The fourth-order valence-corrected chi connectivity index (χ4v) is 4.84. The number of hydrogen-bond acceptors (Lipinski definition) is 4. The van der Waals surface area contributed by atoms with Crippen LogP contribution in [0, 0.1) is 6.92 Å². The summed E-state index contributed by atoms with van der Waals surface area (Å²) in [4.78, 5) is 8.82. The van der Waals surface area contributed by atoms with Crippen LogP contribution in [-0.2, 0) is 6.42 Å². The van der Waals surface area contributed by atoms with Gasteiger partial charge in [0, 0.05) is 35.7 Å². The van der Waals surface area contributed by atoms with Crippen LogP contribution in [0.2, 0.25) is 0 Å². The van der Waals surface area contributed by atoms with Gasteiger partial charge in [-0.3, -0.25) is 0 Å². The number of rotatable bonds is 3. The van der Waals surface area contributed by atoms with Crippen LogP contribution in [-0.4, -0.2) is 20.6 Å². The second-order valence-corrected chi connectivity index (χ2v) is 7.95. The first-order chi connectivity index (χ1) is 13.2. The molecule has 27 heavy (non-hydrogen) atoms. The van der Waals surface area contributed by atoms with E-state index in [9.17, 15) is 0 Å². The van der Waals surface area contributed by atoms with Gasteiger partial charge in [0.2, 0.25) is 0 Å². The third-order valence-corrected chi connectivity index (χ3v) is 6.24. The normalized spacial score (nSPS) is 24.9. The highest BCUT2D eigenvalue weighted by molar-refractivity contribution is 5.78. The van der Waals surface area contributed by atoms with Crippen molar-refractivity contribution in [2.45, 2.75) is 63.6 Å². The molecule has 5 nitrogen and oxygen atoms in total. The van der Waals surface area contributed by atoms with Crippen LogP contribution in [0.15, 0.2) is 36.8 Å². The molecule has 5 heteroatoms. The SMILES string of the molecule is Cc1ncnc2c1ccn2C1CCC(Oc2cccc3c2C(N)CCC3)C1. The Kier molecular flexibility index (Phi) is 4.12. The van der Waals surface area contributed by atoms with Gasteiger partial charge in [-0.05, 0) is 56.7 Å². The average molecular weight is 362 g/mol. The number of benzene rings is 1. The summed E-state index contributed by atoms with van der Waals surface area (Å²) >= 11 is 0. The van der Waals surface area contributed by atoms with Crippen LogP contribution in [0.4, 0.5) is 0 Å². The van der Waals surface area contributed by atoms with Gasteiger partial charge in [0.05, 0.1) is 5.69 Å². The summed E-state index contributed by atoms with van der Waals surface area (Å²) in [6.07, 6.45) is 10.6. The molecule has 0 bridgehead atoms. The van der Waals surface area contributed by atoms with Crippen molar-refractivity contribution in [1.29, 1.82) is 0 Å². The van der Waals surface area contributed by atoms with E-state index in [1.54, 1.807) is 6.33 Å². The minimum absolute atomic E-state index is 0.107. The van der Waals surface area contributed by atoms with Crippen molar-refractivity contribution in [3.05, 3.63) is 53.6 Å². The molecule has 0 aliphatic heterocycles. The van der Waals surface area contributed by atoms with Gasteiger partial charge < -0.3 is 15.0 Å². The van der Waals surface area contributed by atoms with Crippen molar-refractivity contribution >= 4 is 11.0 Å². The van der Waals surface area contributed by atoms with Crippen molar-refractivity contribution in [2.24, 2.45) is 5.73 Å². The standard InChI is InChI=1S/C22H26N4O/c1-14-18-10-11-26(22(18)25-13-24-14)16-8-9-17(12-16)27-20-7-3-5-15-4-2-6-19(23)21(15)20/h3,5,7,10-11,13,16-17,19H,2,4,6,8-9,12,23H2,1H3. The fraction of sp³-hybridized carbons (Fsp3) is 0.455. The average Bonchev–Trinajstić information content (AvgIpc) is 3.29. The zero-order chi connectivity index (χ0) is 18.4. The van der Waals surface area contributed by atoms with Crippen LogP contribution in [0.3, 0.4) is 0 Å². The second kappa shape index (κ2) is 6.64. The smallest absolute Gasteiger partial charge is 0.143 e. The quantitative estimate of drug-likeness (QED) is 0.756. The number of aryl methyl sites for hydroxylation is 2. The maximum Gasteiger partial charge on any atom is 0.143 e. The van der Waals surface area contributed by atoms with Crippen molar-refractivity contribution in [3.8, 4) is 5.75 Å². The van der Waals surface area contributed by atoms with E-state index in [0.717, 1.165) is 54.6 Å². The Hall–Kier alpha value is -2.40.